The lowest BCUT2D eigenvalue weighted by molar-refractivity contribution is -0.139. The Morgan fingerprint density at radius 1 is 1.40 bits per heavy atom. The molecule has 2 N–H and O–H groups in total. The molecule has 6 heteroatoms. The zero-order valence-corrected chi connectivity index (χ0v) is 10.9. The number of aliphatic carboxylic acids is 1. The Bertz CT molecular complexity index is 651. The SMILES string of the molecule is O=C(O)C1CCCn2nc(Cc3ccccc3O)nc21. The van der Waals surface area contributed by atoms with E-state index in [1.165, 1.54) is 0 Å². The highest BCUT2D eigenvalue weighted by Crippen LogP contribution is 2.26. The number of aromatic hydroxyl groups is 1. The van der Waals surface area contributed by atoms with Crippen molar-refractivity contribution in [1.29, 1.82) is 0 Å². The Morgan fingerprint density at radius 2 is 2.20 bits per heavy atom. The zero-order valence-electron chi connectivity index (χ0n) is 10.9. The highest BCUT2D eigenvalue weighted by Gasteiger charge is 2.29. The molecule has 104 valence electrons. The number of fused-ring (bicyclic) bond motifs is 1. The second-order valence-corrected chi connectivity index (χ2v) is 4.95. The summed E-state index contributed by atoms with van der Waals surface area (Å²) in [5, 5.41) is 23.3. The maximum Gasteiger partial charge on any atom is 0.314 e. The van der Waals surface area contributed by atoms with Gasteiger partial charge >= 0.3 is 5.97 Å². The number of rotatable bonds is 3. The van der Waals surface area contributed by atoms with Gasteiger partial charge in [0.05, 0.1) is 0 Å². The predicted molar refractivity (Wildman–Crippen MR) is 70.5 cm³/mol. The second kappa shape index (κ2) is 4.96. The maximum atomic E-state index is 11.2. The molecule has 0 saturated carbocycles. The molecule has 1 aliphatic rings. The van der Waals surface area contributed by atoms with E-state index in [1.807, 2.05) is 12.1 Å². The van der Waals surface area contributed by atoms with Crippen molar-refractivity contribution in [1.82, 2.24) is 14.8 Å². The van der Waals surface area contributed by atoms with Crippen molar-refractivity contribution in [3.05, 3.63) is 41.5 Å². The summed E-state index contributed by atoms with van der Waals surface area (Å²) < 4.78 is 1.68. The lowest BCUT2D eigenvalue weighted by atomic mass is 10.00. The first-order valence-electron chi connectivity index (χ1n) is 6.58. The average molecular weight is 273 g/mol. The van der Waals surface area contributed by atoms with Gasteiger partial charge in [0.25, 0.3) is 0 Å². The number of aryl methyl sites for hydroxylation is 1. The van der Waals surface area contributed by atoms with Gasteiger partial charge in [0.2, 0.25) is 0 Å². The summed E-state index contributed by atoms with van der Waals surface area (Å²) in [5.74, 6) is -0.152. The Balaban J connectivity index is 1.90. The first-order valence-corrected chi connectivity index (χ1v) is 6.58. The molecule has 0 saturated heterocycles. The molecule has 1 aromatic heterocycles. The molecule has 0 aliphatic carbocycles. The smallest absolute Gasteiger partial charge is 0.314 e. The number of hydrogen-bond acceptors (Lipinski definition) is 4. The van der Waals surface area contributed by atoms with Gasteiger partial charge in [-0.3, -0.25) is 4.79 Å². The molecule has 0 spiro atoms. The van der Waals surface area contributed by atoms with E-state index < -0.39 is 11.9 Å². The fourth-order valence-corrected chi connectivity index (χ4v) is 2.54. The molecule has 2 aromatic rings. The van der Waals surface area contributed by atoms with E-state index in [9.17, 15) is 15.0 Å². The standard InChI is InChI=1S/C14H15N3O3/c18-11-6-2-1-4-9(11)8-12-15-13-10(14(19)20)5-3-7-17(13)16-12/h1-2,4,6,10,18H,3,5,7-8H2,(H,19,20). The van der Waals surface area contributed by atoms with E-state index in [2.05, 4.69) is 10.1 Å². The highest BCUT2D eigenvalue weighted by atomic mass is 16.4. The van der Waals surface area contributed by atoms with Crippen LogP contribution in [0.5, 0.6) is 5.75 Å². The van der Waals surface area contributed by atoms with Gasteiger partial charge in [-0.25, -0.2) is 9.67 Å². The van der Waals surface area contributed by atoms with Gasteiger partial charge in [0.15, 0.2) is 5.82 Å². The van der Waals surface area contributed by atoms with Crippen molar-refractivity contribution < 1.29 is 15.0 Å². The molecule has 0 amide bonds. The maximum absolute atomic E-state index is 11.2. The minimum absolute atomic E-state index is 0.204. The molecule has 0 bridgehead atoms. The lowest BCUT2D eigenvalue weighted by Crippen LogP contribution is -2.22. The van der Waals surface area contributed by atoms with Crippen LogP contribution in [0, 0.1) is 0 Å². The summed E-state index contributed by atoms with van der Waals surface area (Å²) in [6, 6.07) is 7.02. The van der Waals surface area contributed by atoms with Crippen LogP contribution in [0.15, 0.2) is 24.3 Å². The van der Waals surface area contributed by atoms with Crippen LogP contribution in [0.25, 0.3) is 0 Å². The summed E-state index contributed by atoms with van der Waals surface area (Å²) in [7, 11) is 0. The number of hydrogen-bond donors (Lipinski definition) is 2. The number of carboxylic acids is 1. The van der Waals surface area contributed by atoms with Crippen LogP contribution in [0.2, 0.25) is 0 Å². The van der Waals surface area contributed by atoms with Crippen LogP contribution in [0.3, 0.4) is 0 Å². The number of aromatic nitrogens is 3. The fraction of sp³-hybridized carbons (Fsp3) is 0.357. The molecule has 20 heavy (non-hydrogen) atoms. The molecule has 6 nitrogen and oxygen atoms in total. The van der Waals surface area contributed by atoms with Crippen molar-refractivity contribution in [2.75, 3.05) is 0 Å². The number of carboxylic acid groups (broad SMARTS) is 1. The van der Waals surface area contributed by atoms with Crippen LogP contribution in [0.1, 0.15) is 36.0 Å². The number of nitrogens with zero attached hydrogens (tertiary/aromatic N) is 3. The van der Waals surface area contributed by atoms with Crippen molar-refractivity contribution >= 4 is 5.97 Å². The third-order valence-electron chi connectivity index (χ3n) is 3.56. The molecular weight excluding hydrogens is 258 g/mol. The topological polar surface area (TPSA) is 88.2 Å². The Morgan fingerprint density at radius 3 is 2.95 bits per heavy atom. The van der Waals surface area contributed by atoms with Crippen LogP contribution >= 0.6 is 0 Å². The number of benzene rings is 1. The fourth-order valence-electron chi connectivity index (χ4n) is 2.54. The minimum Gasteiger partial charge on any atom is -0.508 e. The van der Waals surface area contributed by atoms with Gasteiger partial charge in [-0.15, -0.1) is 0 Å². The molecular formula is C14H15N3O3. The molecule has 1 atom stereocenters. The molecule has 0 radical (unpaired) electrons. The second-order valence-electron chi connectivity index (χ2n) is 4.95. The van der Waals surface area contributed by atoms with E-state index >= 15 is 0 Å². The van der Waals surface area contributed by atoms with E-state index in [-0.39, 0.29) is 5.75 Å². The minimum atomic E-state index is -0.854. The number of phenols is 1. The number of para-hydroxylation sites is 1. The van der Waals surface area contributed by atoms with Gasteiger partial charge in [-0.2, -0.15) is 5.10 Å². The van der Waals surface area contributed by atoms with Crippen LogP contribution in [0.4, 0.5) is 0 Å². The monoisotopic (exact) mass is 273 g/mol. The number of carbonyl (C=O) groups is 1. The van der Waals surface area contributed by atoms with Gasteiger partial charge in [0.1, 0.15) is 17.5 Å². The molecule has 2 heterocycles. The van der Waals surface area contributed by atoms with Gasteiger partial charge in [-0.1, -0.05) is 18.2 Å². The van der Waals surface area contributed by atoms with E-state index in [1.54, 1.807) is 16.8 Å². The van der Waals surface area contributed by atoms with Gasteiger partial charge in [-0.05, 0) is 18.9 Å². The normalized spacial score (nSPS) is 17.7. The molecule has 1 unspecified atom stereocenters. The van der Waals surface area contributed by atoms with E-state index in [0.29, 0.717) is 31.0 Å². The Labute approximate surface area is 115 Å². The predicted octanol–water partition coefficient (Wildman–Crippen LogP) is 1.54. The third-order valence-corrected chi connectivity index (χ3v) is 3.56. The van der Waals surface area contributed by atoms with E-state index in [0.717, 1.165) is 12.0 Å². The quantitative estimate of drug-likeness (QED) is 0.885. The molecule has 1 aliphatic heterocycles. The van der Waals surface area contributed by atoms with Crippen LogP contribution in [-0.2, 0) is 17.8 Å². The van der Waals surface area contributed by atoms with Crippen molar-refractivity contribution in [2.24, 2.45) is 0 Å². The first kappa shape index (κ1) is 12.7. The summed E-state index contributed by atoms with van der Waals surface area (Å²) in [6.07, 6.45) is 1.80. The molecule has 1 aromatic carbocycles. The summed E-state index contributed by atoms with van der Waals surface area (Å²) >= 11 is 0. The van der Waals surface area contributed by atoms with Gasteiger partial charge < -0.3 is 10.2 Å². The largest absolute Gasteiger partial charge is 0.508 e. The van der Waals surface area contributed by atoms with Crippen LogP contribution in [-0.4, -0.2) is 30.9 Å². The highest BCUT2D eigenvalue weighted by molar-refractivity contribution is 5.75. The van der Waals surface area contributed by atoms with Crippen LogP contribution < -0.4 is 0 Å². The van der Waals surface area contributed by atoms with Crippen molar-refractivity contribution in [2.45, 2.75) is 31.7 Å². The number of phenolic OH excluding ortho intramolecular Hbond substituents is 1. The molecule has 3 rings (SSSR count). The summed E-state index contributed by atoms with van der Waals surface area (Å²) in [6.45, 7) is 0.701. The zero-order chi connectivity index (χ0) is 14.1. The Kier molecular flexibility index (Phi) is 3.14. The van der Waals surface area contributed by atoms with E-state index in [4.69, 9.17) is 0 Å². The summed E-state index contributed by atoms with van der Waals surface area (Å²) in [5.41, 5.74) is 0.738. The van der Waals surface area contributed by atoms with Gasteiger partial charge in [0, 0.05) is 18.5 Å². The first-order chi connectivity index (χ1) is 9.65. The average Bonchev–Trinajstić information content (AvgIpc) is 2.83. The lowest BCUT2D eigenvalue weighted by Gasteiger charge is -2.17. The molecule has 0 fully saturated rings. The van der Waals surface area contributed by atoms with Crippen molar-refractivity contribution in [3.8, 4) is 5.75 Å². The third kappa shape index (κ3) is 2.24. The Hall–Kier alpha value is -2.37. The van der Waals surface area contributed by atoms with Crippen molar-refractivity contribution in [3.63, 3.8) is 0 Å². The summed E-state index contributed by atoms with van der Waals surface area (Å²) in [4.78, 5) is 15.6.